The molecule has 0 saturated carbocycles. The minimum atomic E-state index is 0. The highest BCUT2D eigenvalue weighted by Gasteiger charge is 1.95. The maximum Gasteiger partial charge on any atom is 0.316 e. The molecule has 0 spiro atoms. The topological polar surface area (TPSA) is 9.23 Å². The molecule has 0 saturated heterocycles. The van der Waals surface area contributed by atoms with Crippen molar-refractivity contribution in [1.29, 1.82) is 0 Å². The van der Waals surface area contributed by atoms with Crippen LogP contribution < -0.4 is 0 Å². The van der Waals surface area contributed by atoms with E-state index in [1.807, 2.05) is 19.1 Å². The highest BCUT2D eigenvalue weighted by atomic mass is 24.3. The van der Waals surface area contributed by atoms with E-state index < -0.39 is 0 Å². The summed E-state index contributed by atoms with van der Waals surface area (Å²) in [7, 11) is 0. The minimum Gasteiger partial charge on any atom is -0.498 e. The van der Waals surface area contributed by atoms with Crippen LogP contribution in [0.4, 0.5) is 0 Å². The van der Waals surface area contributed by atoms with Crippen molar-refractivity contribution in [2.75, 3.05) is 6.61 Å². The Balaban J connectivity index is 0.000000640. The molecule has 1 aliphatic carbocycles. The molecular weight excluding hydrogens is 124 g/mol. The van der Waals surface area contributed by atoms with Gasteiger partial charge in [-0.2, -0.15) is 0 Å². The van der Waals surface area contributed by atoms with Gasteiger partial charge < -0.3 is 4.74 Å². The molecule has 48 valence electrons. The van der Waals surface area contributed by atoms with Crippen molar-refractivity contribution in [3.8, 4) is 0 Å². The smallest absolute Gasteiger partial charge is 0.316 e. The van der Waals surface area contributed by atoms with E-state index in [1.54, 1.807) is 0 Å². The van der Waals surface area contributed by atoms with Gasteiger partial charge in [-0.1, -0.05) is 12.2 Å². The lowest BCUT2D eigenvalue weighted by atomic mass is 10.4. The second-order valence-electron chi connectivity index (χ2n) is 1.70. The lowest BCUT2D eigenvalue weighted by Crippen LogP contribution is -1.86. The van der Waals surface area contributed by atoms with Crippen LogP contribution >= 0.6 is 0 Å². The van der Waals surface area contributed by atoms with Crippen LogP contribution in [0.5, 0.6) is 0 Å². The molecule has 0 N–H and O–H groups in total. The Hall–Kier alpha value is 0.0462. The van der Waals surface area contributed by atoms with Crippen LogP contribution in [0.15, 0.2) is 24.0 Å². The standard InChI is InChI=1S/C7H10O.Mg.2H/c1-2-8-7-5-3-4-6-7;;;/h3-5H,2,6H2,1H3;;;. The Morgan fingerprint density at radius 2 is 2.44 bits per heavy atom. The first-order chi connectivity index (χ1) is 3.93. The van der Waals surface area contributed by atoms with E-state index in [1.165, 1.54) is 0 Å². The summed E-state index contributed by atoms with van der Waals surface area (Å²) in [6.07, 6.45) is 7.09. The van der Waals surface area contributed by atoms with Gasteiger partial charge in [-0.05, 0) is 13.0 Å². The molecule has 0 aromatic carbocycles. The second kappa shape index (κ2) is 4.88. The van der Waals surface area contributed by atoms with Gasteiger partial charge in [-0.15, -0.1) is 0 Å². The summed E-state index contributed by atoms with van der Waals surface area (Å²) in [4.78, 5) is 0. The van der Waals surface area contributed by atoms with E-state index in [2.05, 4.69) is 6.08 Å². The molecule has 0 aliphatic heterocycles. The largest absolute Gasteiger partial charge is 0.498 e. The van der Waals surface area contributed by atoms with Gasteiger partial charge in [-0.25, -0.2) is 0 Å². The molecule has 0 aromatic rings. The van der Waals surface area contributed by atoms with Crippen LogP contribution in [0.3, 0.4) is 0 Å². The molecule has 0 radical (unpaired) electrons. The molecule has 0 unspecified atom stereocenters. The Morgan fingerprint density at radius 1 is 1.67 bits per heavy atom. The predicted molar refractivity (Wildman–Crippen MR) is 42.0 cm³/mol. The second-order valence-corrected chi connectivity index (χ2v) is 1.70. The molecule has 0 fully saturated rings. The van der Waals surface area contributed by atoms with E-state index in [0.717, 1.165) is 18.8 Å². The summed E-state index contributed by atoms with van der Waals surface area (Å²) in [5.74, 6) is 1.09. The van der Waals surface area contributed by atoms with E-state index >= 15 is 0 Å². The number of rotatable bonds is 2. The average molecular weight is 136 g/mol. The summed E-state index contributed by atoms with van der Waals surface area (Å²) >= 11 is 0. The quantitative estimate of drug-likeness (QED) is 0.514. The minimum absolute atomic E-state index is 0. The SMILES string of the molecule is CCOC1=CC=CC1.[MgH2]. The van der Waals surface area contributed by atoms with Crippen LogP contribution in [0, 0.1) is 0 Å². The number of hydrogen-bond donors (Lipinski definition) is 0. The monoisotopic (exact) mass is 136 g/mol. The van der Waals surface area contributed by atoms with Crippen molar-refractivity contribution in [2.24, 2.45) is 0 Å². The lowest BCUT2D eigenvalue weighted by molar-refractivity contribution is 0.226. The van der Waals surface area contributed by atoms with Gasteiger partial charge in [0.15, 0.2) is 0 Å². The summed E-state index contributed by atoms with van der Waals surface area (Å²) in [6.45, 7) is 2.78. The molecule has 1 aliphatic rings. The first-order valence-electron chi connectivity index (χ1n) is 2.92. The Morgan fingerprint density at radius 3 is 2.89 bits per heavy atom. The van der Waals surface area contributed by atoms with Gasteiger partial charge >= 0.3 is 23.1 Å². The third-order valence-electron chi connectivity index (χ3n) is 1.07. The zero-order valence-corrected chi connectivity index (χ0v) is 5.05. The van der Waals surface area contributed by atoms with Crippen molar-refractivity contribution in [1.82, 2.24) is 0 Å². The molecule has 0 atom stereocenters. The average Bonchev–Trinajstić information content (AvgIpc) is 2.19. The highest BCUT2D eigenvalue weighted by Crippen LogP contribution is 2.10. The fourth-order valence-corrected chi connectivity index (χ4v) is 0.720. The van der Waals surface area contributed by atoms with Crippen molar-refractivity contribution >= 4 is 23.1 Å². The van der Waals surface area contributed by atoms with E-state index in [9.17, 15) is 0 Å². The molecule has 0 amide bonds. The maximum absolute atomic E-state index is 5.20. The van der Waals surface area contributed by atoms with Gasteiger partial charge in [0.2, 0.25) is 0 Å². The highest BCUT2D eigenvalue weighted by molar-refractivity contribution is 5.75. The Bertz CT molecular complexity index is 127. The Kier molecular flexibility index (Phi) is 4.91. The normalized spacial score (nSPS) is 14.6. The van der Waals surface area contributed by atoms with Crippen LogP contribution in [0.1, 0.15) is 13.3 Å². The molecule has 1 rings (SSSR count). The first-order valence-corrected chi connectivity index (χ1v) is 2.92. The Labute approximate surface area is 71.9 Å². The lowest BCUT2D eigenvalue weighted by Gasteiger charge is -1.99. The van der Waals surface area contributed by atoms with Crippen molar-refractivity contribution < 1.29 is 4.74 Å². The number of hydrogen-bond acceptors (Lipinski definition) is 1. The summed E-state index contributed by atoms with van der Waals surface area (Å²) in [6, 6.07) is 0. The van der Waals surface area contributed by atoms with Crippen LogP contribution in [0.2, 0.25) is 0 Å². The van der Waals surface area contributed by atoms with E-state index in [-0.39, 0.29) is 23.1 Å². The number of allylic oxidation sites excluding steroid dienone is 3. The van der Waals surface area contributed by atoms with Gasteiger partial charge in [0.1, 0.15) is 0 Å². The summed E-state index contributed by atoms with van der Waals surface area (Å²) < 4.78 is 5.20. The van der Waals surface area contributed by atoms with Crippen LogP contribution in [-0.2, 0) is 4.74 Å². The zero-order valence-electron chi connectivity index (χ0n) is 5.05. The summed E-state index contributed by atoms with van der Waals surface area (Å²) in [5, 5.41) is 0. The van der Waals surface area contributed by atoms with Gasteiger partial charge in [0.25, 0.3) is 0 Å². The molecule has 0 aromatic heterocycles. The molecule has 1 nitrogen and oxygen atoms in total. The molecule has 0 heterocycles. The van der Waals surface area contributed by atoms with Crippen molar-refractivity contribution in [3.05, 3.63) is 24.0 Å². The molecule has 0 bridgehead atoms. The molecule has 9 heavy (non-hydrogen) atoms. The first kappa shape index (κ1) is 9.05. The fourth-order valence-electron chi connectivity index (χ4n) is 0.720. The maximum atomic E-state index is 5.20. The van der Waals surface area contributed by atoms with Crippen LogP contribution in [0.25, 0.3) is 0 Å². The third kappa shape index (κ3) is 2.91. The van der Waals surface area contributed by atoms with Gasteiger partial charge in [-0.3, -0.25) is 0 Å². The fraction of sp³-hybridized carbons (Fsp3) is 0.429. The summed E-state index contributed by atoms with van der Waals surface area (Å²) in [5.41, 5.74) is 0. The third-order valence-corrected chi connectivity index (χ3v) is 1.07. The molecule has 2 heteroatoms. The molecular formula is C7H12MgO. The van der Waals surface area contributed by atoms with Gasteiger partial charge in [0.05, 0.1) is 12.4 Å². The number of ether oxygens (including phenoxy) is 1. The van der Waals surface area contributed by atoms with Gasteiger partial charge in [0, 0.05) is 6.42 Å². The van der Waals surface area contributed by atoms with E-state index in [0.29, 0.717) is 0 Å². The van der Waals surface area contributed by atoms with Crippen LogP contribution in [-0.4, -0.2) is 29.7 Å². The zero-order chi connectivity index (χ0) is 5.82. The van der Waals surface area contributed by atoms with Crippen molar-refractivity contribution in [2.45, 2.75) is 13.3 Å². The van der Waals surface area contributed by atoms with E-state index in [4.69, 9.17) is 4.74 Å². The van der Waals surface area contributed by atoms with Crippen molar-refractivity contribution in [3.63, 3.8) is 0 Å². The predicted octanol–water partition coefficient (Wildman–Crippen LogP) is 0.950.